The molecule has 0 N–H and O–H groups in total. The highest BCUT2D eigenvalue weighted by molar-refractivity contribution is 5.78. The molecule has 1 saturated heterocycles. The average Bonchev–Trinajstić information content (AvgIpc) is 2.97. The number of carbonyl (C=O) groups is 1. The molecule has 2 rings (SSSR count). The van der Waals surface area contributed by atoms with Crippen LogP contribution in [0.3, 0.4) is 0 Å². The number of rotatable bonds is 7. The highest BCUT2D eigenvalue weighted by Gasteiger charge is 2.38. The van der Waals surface area contributed by atoms with Gasteiger partial charge in [-0.3, -0.25) is 14.5 Å². The lowest BCUT2D eigenvalue weighted by atomic mass is 9.93. The topological polar surface area (TPSA) is 42.0 Å². The molecule has 5 heteroatoms. The molecule has 1 aliphatic heterocycles. The largest absolute Gasteiger partial charge is 0.361 e. The van der Waals surface area contributed by atoms with Crippen LogP contribution in [-0.4, -0.2) is 49.8 Å². The van der Waals surface area contributed by atoms with Crippen LogP contribution in [0.25, 0.3) is 0 Å². The van der Waals surface area contributed by atoms with E-state index < -0.39 is 0 Å². The van der Waals surface area contributed by atoms with Gasteiger partial charge in [0.05, 0.1) is 26.4 Å². The summed E-state index contributed by atoms with van der Waals surface area (Å²) < 4.78 is 5.78. The molecule has 1 fully saturated rings. The molecule has 0 radical (unpaired) electrons. The smallest absolute Gasteiger partial charge is 0.250 e. The van der Waals surface area contributed by atoms with E-state index in [0.717, 1.165) is 19.5 Å². The summed E-state index contributed by atoms with van der Waals surface area (Å²) in [5.74, 6) is 0.417. The Kier molecular flexibility index (Phi) is 6.36. The molecule has 1 aromatic carbocycles. The van der Waals surface area contributed by atoms with Gasteiger partial charge in [-0.2, -0.15) is 0 Å². The SMILES string of the molecule is CC[C@@H]1CN(COCc2ccccc2)CC1C(=O)N(C)OC. The van der Waals surface area contributed by atoms with Gasteiger partial charge >= 0.3 is 0 Å². The first-order chi connectivity index (χ1) is 10.7. The molecule has 22 heavy (non-hydrogen) atoms. The highest BCUT2D eigenvalue weighted by Crippen LogP contribution is 2.27. The van der Waals surface area contributed by atoms with E-state index in [4.69, 9.17) is 9.57 Å². The maximum Gasteiger partial charge on any atom is 0.250 e. The summed E-state index contributed by atoms with van der Waals surface area (Å²) in [6, 6.07) is 10.1. The van der Waals surface area contributed by atoms with Gasteiger partial charge in [-0.15, -0.1) is 0 Å². The summed E-state index contributed by atoms with van der Waals surface area (Å²) in [7, 11) is 3.19. The maximum absolute atomic E-state index is 12.3. The van der Waals surface area contributed by atoms with Crippen LogP contribution in [0.15, 0.2) is 30.3 Å². The van der Waals surface area contributed by atoms with Gasteiger partial charge in [0.2, 0.25) is 0 Å². The number of hydrogen-bond acceptors (Lipinski definition) is 4. The molecule has 2 atom stereocenters. The van der Waals surface area contributed by atoms with Gasteiger partial charge in [0.1, 0.15) is 0 Å². The fourth-order valence-electron chi connectivity index (χ4n) is 2.95. The highest BCUT2D eigenvalue weighted by atomic mass is 16.7. The van der Waals surface area contributed by atoms with Crippen LogP contribution in [0, 0.1) is 11.8 Å². The van der Waals surface area contributed by atoms with E-state index in [0.29, 0.717) is 19.3 Å². The summed E-state index contributed by atoms with van der Waals surface area (Å²) in [6.45, 7) is 4.93. The number of carbonyl (C=O) groups excluding carboxylic acids is 1. The number of ether oxygens (including phenoxy) is 1. The van der Waals surface area contributed by atoms with Crippen LogP contribution in [-0.2, 0) is 21.0 Å². The van der Waals surface area contributed by atoms with Crippen molar-refractivity contribution < 1.29 is 14.4 Å². The van der Waals surface area contributed by atoms with Crippen LogP contribution in [0.1, 0.15) is 18.9 Å². The Morgan fingerprint density at radius 2 is 2.05 bits per heavy atom. The predicted molar refractivity (Wildman–Crippen MR) is 84.7 cm³/mol. The van der Waals surface area contributed by atoms with Crippen molar-refractivity contribution in [3.8, 4) is 0 Å². The summed E-state index contributed by atoms with van der Waals surface area (Å²) >= 11 is 0. The van der Waals surface area contributed by atoms with Crippen molar-refractivity contribution in [3.63, 3.8) is 0 Å². The molecule has 0 saturated carbocycles. The lowest BCUT2D eigenvalue weighted by Crippen LogP contribution is -2.36. The summed E-state index contributed by atoms with van der Waals surface area (Å²) in [5.41, 5.74) is 1.17. The van der Waals surface area contributed by atoms with Gasteiger partial charge < -0.3 is 4.74 Å². The van der Waals surface area contributed by atoms with E-state index in [2.05, 4.69) is 24.0 Å². The molecule has 122 valence electrons. The molecule has 0 spiro atoms. The Hall–Kier alpha value is -1.43. The molecule has 0 aliphatic carbocycles. The van der Waals surface area contributed by atoms with Gasteiger partial charge in [0, 0.05) is 20.1 Å². The Labute approximate surface area is 132 Å². The predicted octanol–water partition coefficient (Wildman–Crippen LogP) is 2.14. The van der Waals surface area contributed by atoms with Crippen LogP contribution >= 0.6 is 0 Å². The minimum Gasteiger partial charge on any atom is -0.361 e. The molecule has 1 aromatic rings. The van der Waals surface area contributed by atoms with Gasteiger partial charge in [0.25, 0.3) is 5.91 Å². The Balaban J connectivity index is 1.82. The minimum atomic E-state index is -0.00437. The van der Waals surface area contributed by atoms with Crippen molar-refractivity contribution in [3.05, 3.63) is 35.9 Å². The van der Waals surface area contributed by atoms with Crippen molar-refractivity contribution in [2.75, 3.05) is 34.0 Å². The third-order valence-electron chi connectivity index (χ3n) is 4.33. The molecule has 5 nitrogen and oxygen atoms in total. The Morgan fingerprint density at radius 1 is 1.32 bits per heavy atom. The van der Waals surface area contributed by atoms with Crippen molar-refractivity contribution >= 4 is 5.91 Å². The second-order valence-corrected chi connectivity index (χ2v) is 5.79. The van der Waals surface area contributed by atoms with Gasteiger partial charge in [-0.05, 0) is 11.5 Å². The minimum absolute atomic E-state index is 0.00437. The summed E-state index contributed by atoms with van der Waals surface area (Å²) in [4.78, 5) is 19.6. The van der Waals surface area contributed by atoms with Crippen molar-refractivity contribution in [1.82, 2.24) is 9.96 Å². The van der Waals surface area contributed by atoms with E-state index in [-0.39, 0.29) is 11.8 Å². The number of amides is 1. The third-order valence-corrected chi connectivity index (χ3v) is 4.33. The number of nitrogens with zero attached hydrogens (tertiary/aromatic N) is 2. The van der Waals surface area contributed by atoms with Crippen molar-refractivity contribution in [2.24, 2.45) is 11.8 Å². The van der Waals surface area contributed by atoms with E-state index >= 15 is 0 Å². The van der Waals surface area contributed by atoms with E-state index in [1.165, 1.54) is 17.7 Å². The van der Waals surface area contributed by atoms with E-state index in [1.54, 1.807) is 7.05 Å². The molecular weight excluding hydrogens is 280 g/mol. The fraction of sp³-hybridized carbons (Fsp3) is 0.588. The normalized spacial score (nSPS) is 22.0. The standard InChI is InChI=1S/C17H26N2O3/c1-4-15-10-19(11-16(15)17(20)18(2)21-3)13-22-12-14-8-6-5-7-9-14/h5-9,15-16H,4,10-13H2,1-3H3/t15-,16?/m1/s1. The molecule has 1 amide bonds. The average molecular weight is 306 g/mol. The molecule has 1 aliphatic rings. The second kappa shape index (κ2) is 8.27. The zero-order valence-electron chi connectivity index (χ0n) is 13.7. The van der Waals surface area contributed by atoms with Gasteiger partial charge in [-0.1, -0.05) is 43.7 Å². The molecular formula is C17H26N2O3. The van der Waals surface area contributed by atoms with Crippen LogP contribution in [0.5, 0.6) is 0 Å². The third kappa shape index (κ3) is 4.29. The van der Waals surface area contributed by atoms with Crippen LogP contribution in [0.2, 0.25) is 0 Å². The monoisotopic (exact) mass is 306 g/mol. The number of likely N-dealkylation sites (tertiary alicyclic amines) is 1. The lowest BCUT2D eigenvalue weighted by Gasteiger charge is -2.21. The summed E-state index contributed by atoms with van der Waals surface area (Å²) in [6.07, 6.45) is 0.989. The fourth-order valence-corrected chi connectivity index (χ4v) is 2.95. The first kappa shape index (κ1) is 16.9. The molecule has 0 bridgehead atoms. The van der Waals surface area contributed by atoms with E-state index in [1.807, 2.05) is 18.2 Å². The Morgan fingerprint density at radius 3 is 2.68 bits per heavy atom. The van der Waals surface area contributed by atoms with Gasteiger partial charge in [0.15, 0.2) is 0 Å². The molecule has 0 aromatic heterocycles. The van der Waals surface area contributed by atoms with Crippen molar-refractivity contribution in [2.45, 2.75) is 20.0 Å². The Bertz CT molecular complexity index is 466. The van der Waals surface area contributed by atoms with Crippen molar-refractivity contribution in [1.29, 1.82) is 0 Å². The van der Waals surface area contributed by atoms with Gasteiger partial charge in [-0.25, -0.2) is 5.06 Å². The molecule has 1 unspecified atom stereocenters. The zero-order chi connectivity index (χ0) is 15.9. The number of hydrogen-bond donors (Lipinski definition) is 0. The zero-order valence-corrected chi connectivity index (χ0v) is 13.7. The first-order valence-electron chi connectivity index (χ1n) is 7.81. The number of benzene rings is 1. The maximum atomic E-state index is 12.3. The quantitative estimate of drug-likeness (QED) is 0.724. The van der Waals surface area contributed by atoms with Crippen LogP contribution in [0.4, 0.5) is 0 Å². The van der Waals surface area contributed by atoms with Crippen LogP contribution < -0.4 is 0 Å². The molecule has 1 heterocycles. The summed E-state index contributed by atoms with van der Waals surface area (Å²) in [5, 5.41) is 1.33. The number of hydroxylamine groups is 2. The lowest BCUT2D eigenvalue weighted by molar-refractivity contribution is -0.174. The first-order valence-corrected chi connectivity index (χ1v) is 7.81. The second-order valence-electron chi connectivity index (χ2n) is 5.79. The van der Waals surface area contributed by atoms with E-state index in [9.17, 15) is 4.79 Å².